The molecule has 1 aromatic carbocycles. The van der Waals surface area contributed by atoms with Crippen LogP contribution in [0.2, 0.25) is 0 Å². The number of anilines is 1. The van der Waals surface area contributed by atoms with E-state index in [-0.39, 0.29) is 0 Å². The fraction of sp³-hybridized carbons (Fsp3) is 0.0833. The van der Waals surface area contributed by atoms with Gasteiger partial charge in [0.1, 0.15) is 0 Å². The number of benzene rings is 1. The van der Waals surface area contributed by atoms with Crippen LogP contribution in [-0.2, 0) is 6.54 Å². The maximum Gasteiger partial charge on any atom is 0.0843 e. The van der Waals surface area contributed by atoms with Crippen LogP contribution in [0.5, 0.6) is 0 Å². The number of nitrogens with zero attached hydrogens (tertiary/aromatic N) is 1. The first-order valence-electron chi connectivity index (χ1n) is 5.23. The lowest BCUT2D eigenvalue weighted by molar-refractivity contribution is 1.19. The number of thiophene rings is 1. The van der Waals surface area contributed by atoms with Crippen molar-refractivity contribution in [3.05, 3.63) is 42.9 Å². The predicted molar refractivity (Wildman–Crippen MR) is 86.7 cm³/mol. The van der Waals surface area contributed by atoms with E-state index in [0.717, 1.165) is 26.0 Å². The van der Waals surface area contributed by atoms with Gasteiger partial charge in [-0.1, -0.05) is 0 Å². The molecule has 6 heteroatoms. The quantitative estimate of drug-likeness (QED) is 0.624. The summed E-state index contributed by atoms with van der Waals surface area (Å²) in [6.45, 7) is 0.833. The van der Waals surface area contributed by atoms with Gasteiger partial charge >= 0.3 is 0 Å². The maximum absolute atomic E-state index is 4.27. The van der Waals surface area contributed by atoms with Gasteiger partial charge in [-0.2, -0.15) is 0 Å². The smallest absolute Gasteiger partial charge is 0.0843 e. The van der Waals surface area contributed by atoms with Crippen LogP contribution < -0.4 is 5.32 Å². The van der Waals surface area contributed by atoms with Crippen molar-refractivity contribution in [2.45, 2.75) is 6.54 Å². The van der Waals surface area contributed by atoms with Gasteiger partial charge in [0, 0.05) is 21.6 Å². The third-order valence-corrected chi connectivity index (χ3v) is 6.54. The fourth-order valence-electron chi connectivity index (χ4n) is 1.63. The van der Waals surface area contributed by atoms with E-state index >= 15 is 0 Å². The molecule has 0 saturated heterocycles. The fourth-order valence-corrected chi connectivity index (χ4v) is 4.47. The zero-order chi connectivity index (χ0) is 12.5. The SMILES string of the molecule is Brc1cc(CNc2ccc3ncsc3c2)sc1Br. The second-order valence-corrected chi connectivity index (χ2v) is 7.92. The summed E-state index contributed by atoms with van der Waals surface area (Å²) in [5.74, 6) is 0. The van der Waals surface area contributed by atoms with E-state index in [0.29, 0.717) is 0 Å². The van der Waals surface area contributed by atoms with Crippen LogP contribution in [0.4, 0.5) is 5.69 Å². The summed E-state index contributed by atoms with van der Waals surface area (Å²) >= 11 is 10.4. The Morgan fingerprint density at radius 1 is 1.22 bits per heavy atom. The third kappa shape index (κ3) is 2.61. The summed E-state index contributed by atoms with van der Waals surface area (Å²) in [5.41, 5.74) is 4.07. The molecule has 3 rings (SSSR count). The first-order valence-corrected chi connectivity index (χ1v) is 8.51. The van der Waals surface area contributed by atoms with E-state index in [1.165, 1.54) is 9.58 Å². The molecule has 0 bridgehead atoms. The molecule has 0 aliphatic heterocycles. The normalized spacial score (nSPS) is 11.0. The zero-order valence-electron chi connectivity index (χ0n) is 9.11. The molecule has 0 aliphatic carbocycles. The molecular weight excluding hydrogens is 396 g/mol. The van der Waals surface area contributed by atoms with Gasteiger partial charge in [0.05, 0.1) is 19.5 Å². The predicted octanol–water partition coefficient (Wildman–Crippen LogP) is 5.49. The molecule has 0 amide bonds. The van der Waals surface area contributed by atoms with Gasteiger partial charge in [-0.05, 0) is 56.1 Å². The minimum atomic E-state index is 0.833. The highest BCUT2D eigenvalue weighted by molar-refractivity contribution is 9.13. The Bertz CT molecular complexity index is 671. The molecule has 2 nitrogen and oxygen atoms in total. The molecule has 0 atom stereocenters. The minimum Gasteiger partial charge on any atom is -0.380 e. The van der Waals surface area contributed by atoms with Crippen molar-refractivity contribution < 1.29 is 0 Å². The number of halogens is 2. The molecule has 18 heavy (non-hydrogen) atoms. The standard InChI is InChI=1S/C12H8Br2N2S2/c13-9-4-8(18-12(9)14)5-15-7-1-2-10-11(3-7)17-6-16-10/h1-4,6,15H,5H2. The van der Waals surface area contributed by atoms with Crippen LogP contribution in [0.25, 0.3) is 10.2 Å². The van der Waals surface area contributed by atoms with E-state index in [2.05, 4.69) is 66.4 Å². The Morgan fingerprint density at radius 3 is 2.89 bits per heavy atom. The number of rotatable bonds is 3. The van der Waals surface area contributed by atoms with Crippen molar-refractivity contribution in [1.29, 1.82) is 0 Å². The van der Waals surface area contributed by atoms with Crippen LogP contribution in [0, 0.1) is 0 Å². The van der Waals surface area contributed by atoms with Gasteiger partial charge < -0.3 is 5.32 Å². The summed E-state index contributed by atoms with van der Waals surface area (Å²) < 4.78 is 3.47. The number of thiazole rings is 1. The third-order valence-electron chi connectivity index (χ3n) is 2.49. The first-order chi connectivity index (χ1) is 8.72. The Balaban J connectivity index is 1.76. The summed E-state index contributed by atoms with van der Waals surface area (Å²) in [7, 11) is 0. The Labute approximate surface area is 129 Å². The number of hydrogen-bond acceptors (Lipinski definition) is 4. The van der Waals surface area contributed by atoms with E-state index in [4.69, 9.17) is 0 Å². The summed E-state index contributed by atoms with van der Waals surface area (Å²) in [6, 6.07) is 8.39. The highest BCUT2D eigenvalue weighted by Gasteiger charge is 2.04. The molecule has 3 aromatic rings. The second-order valence-electron chi connectivity index (χ2n) is 3.72. The summed E-state index contributed by atoms with van der Waals surface area (Å²) in [5, 5.41) is 3.43. The minimum absolute atomic E-state index is 0.833. The van der Waals surface area contributed by atoms with E-state index in [1.54, 1.807) is 22.7 Å². The number of aromatic nitrogens is 1. The summed E-state index contributed by atoms with van der Waals surface area (Å²) in [6.07, 6.45) is 0. The summed E-state index contributed by atoms with van der Waals surface area (Å²) in [4.78, 5) is 5.56. The highest BCUT2D eigenvalue weighted by Crippen LogP contribution is 2.32. The van der Waals surface area contributed by atoms with Crippen LogP contribution >= 0.6 is 54.5 Å². The van der Waals surface area contributed by atoms with Gasteiger partial charge in [-0.15, -0.1) is 22.7 Å². The van der Waals surface area contributed by atoms with Crippen LogP contribution in [0.1, 0.15) is 4.88 Å². The van der Waals surface area contributed by atoms with Gasteiger partial charge in [0.25, 0.3) is 0 Å². The first kappa shape index (κ1) is 12.6. The van der Waals surface area contributed by atoms with Gasteiger partial charge in [-0.3, -0.25) is 0 Å². The Hall–Kier alpha value is -0.430. The molecule has 0 fully saturated rings. The molecule has 0 aliphatic rings. The highest BCUT2D eigenvalue weighted by atomic mass is 79.9. The van der Waals surface area contributed by atoms with Crippen molar-refractivity contribution >= 4 is 70.4 Å². The van der Waals surface area contributed by atoms with E-state index < -0.39 is 0 Å². The topological polar surface area (TPSA) is 24.9 Å². The molecule has 2 heterocycles. The van der Waals surface area contributed by atoms with E-state index in [1.807, 2.05) is 5.51 Å². The molecule has 92 valence electrons. The molecule has 2 aromatic heterocycles. The largest absolute Gasteiger partial charge is 0.380 e. The lowest BCUT2D eigenvalue weighted by Gasteiger charge is -2.04. The number of fused-ring (bicyclic) bond motifs is 1. The average Bonchev–Trinajstić information content (AvgIpc) is 2.94. The lowest BCUT2D eigenvalue weighted by atomic mass is 10.3. The zero-order valence-corrected chi connectivity index (χ0v) is 13.9. The molecule has 0 unspecified atom stereocenters. The van der Waals surface area contributed by atoms with Crippen molar-refractivity contribution in [2.75, 3.05) is 5.32 Å². The van der Waals surface area contributed by atoms with Gasteiger partial charge in [0.15, 0.2) is 0 Å². The van der Waals surface area contributed by atoms with E-state index in [9.17, 15) is 0 Å². The molecular formula is C12H8Br2N2S2. The average molecular weight is 404 g/mol. The number of hydrogen-bond donors (Lipinski definition) is 1. The number of nitrogens with one attached hydrogen (secondary N) is 1. The molecule has 1 N–H and O–H groups in total. The molecule has 0 spiro atoms. The van der Waals surface area contributed by atoms with Gasteiger partial charge in [-0.25, -0.2) is 4.98 Å². The monoisotopic (exact) mass is 402 g/mol. The maximum atomic E-state index is 4.27. The van der Waals surface area contributed by atoms with Gasteiger partial charge in [0.2, 0.25) is 0 Å². The van der Waals surface area contributed by atoms with Crippen molar-refractivity contribution in [2.24, 2.45) is 0 Å². The second kappa shape index (κ2) is 5.28. The Morgan fingerprint density at radius 2 is 2.11 bits per heavy atom. The van der Waals surface area contributed by atoms with Crippen molar-refractivity contribution in [3.8, 4) is 0 Å². The van der Waals surface area contributed by atoms with Crippen molar-refractivity contribution in [3.63, 3.8) is 0 Å². The van der Waals surface area contributed by atoms with Crippen LogP contribution in [0.3, 0.4) is 0 Å². The van der Waals surface area contributed by atoms with Crippen LogP contribution in [0.15, 0.2) is 38.0 Å². The van der Waals surface area contributed by atoms with Crippen molar-refractivity contribution in [1.82, 2.24) is 4.98 Å². The lowest BCUT2D eigenvalue weighted by Crippen LogP contribution is -1.96. The molecule has 0 radical (unpaired) electrons. The molecule has 0 saturated carbocycles. The van der Waals surface area contributed by atoms with Crippen LogP contribution in [-0.4, -0.2) is 4.98 Å². The Kier molecular flexibility index (Phi) is 3.70.